The van der Waals surface area contributed by atoms with Gasteiger partial charge in [0.15, 0.2) is 0 Å². The SMILES string of the molecule is CC1(NC(=O)NCc2cc(C(=O)O)ccn2)CCCOC1. The molecule has 1 saturated heterocycles. The van der Waals surface area contributed by atoms with E-state index in [0.29, 0.717) is 12.3 Å². The number of carboxylic acid groups (broad SMARTS) is 1. The number of urea groups is 1. The van der Waals surface area contributed by atoms with Gasteiger partial charge in [-0.15, -0.1) is 0 Å². The first-order valence-corrected chi connectivity index (χ1v) is 6.80. The van der Waals surface area contributed by atoms with Crippen LogP contribution in [0.25, 0.3) is 0 Å². The first-order valence-electron chi connectivity index (χ1n) is 6.80. The van der Waals surface area contributed by atoms with Crippen LogP contribution >= 0.6 is 0 Å². The van der Waals surface area contributed by atoms with E-state index < -0.39 is 5.97 Å². The Morgan fingerprint density at radius 2 is 2.33 bits per heavy atom. The average Bonchev–Trinajstić information content (AvgIpc) is 2.46. The fourth-order valence-corrected chi connectivity index (χ4v) is 2.23. The molecule has 2 heterocycles. The van der Waals surface area contributed by atoms with E-state index in [0.717, 1.165) is 19.4 Å². The average molecular weight is 293 g/mol. The zero-order valence-corrected chi connectivity index (χ0v) is 11.9. The predicted molar refractivity (Wildman–Crippen MR) is 75.0 cm³/mol. The van der Waals surface area contributed by atoms with E-state index in [9.17, 15) is 9.59 Å². The zero-order valence-electron chi connectivity index (χ0n) is 11.9. The summed E-state index contributed by atoms with van der Waals surface area (Å²) in [6, 6.07) is 2.53. The maximum absolute atomic E-state index is 11.9. The number of hydrogen-bond acceptors (Lipinski definition) is 4. The number of ether oxygens (including phenoxy) is 1. The summed E-state index contributed by atoms with van der Waals surface area (Å²) in [6.45, 7) is 3.33. The summed E-state index contributed by atoms with van der Waals surface area (Å²) in [5.41, 5.74) is 0.281. The minimum absolute atomic E-state index is 0.148. The molecule has 7 nitrogen and oxygen atoms in total. The molecule has 7 heteroatoms. The van der Waals surface area contributed by atoms with Gasteiger partial charge < -0.3 is 20.5 Å². The fraction of sp³-hybridized carbons (Fsp3) is 0.500. The highest BCUT2D eigenvalue weighted by Crippen LogP contribution is 2.17. The van der Waals surface area contributed by atoms with Crippen LogP contribution in [0.1, 0.15) is 35.8 Å². The Hall–Kier alpha value is -2.15. The molecule has 0 bridgehead atoms. The number of pyridine rings is 1. The molecule has 1 aliphatic rings. The second-order valence-corrected chi connectivity index (χ2v) is 5.37. The van der Waals surface area contributed by atoms with Crippen molar-refractivity contribution in [1.82, 2.24) is 15.6 Å². The van der Waals surface area contributed by atoms with Gasteiger partial charge in [-0.2, -0.15) is 0 Å². The first kappa shape index (κ1) is 15.2. The van der Waals surface area contributed by atoms with Gasteiger partial charge in [0.05, 0.1) is 29.9 Å². The lowest BCUT2D eigenvalue weighted by Crippen LogP contribution is -2.54. The summed E-state index contributed by atoms with van der Waals surface area (Å²) in [5, 5.41) is 14.5. The molecule has 2 amide bonds. The summed E-state index contributed by atoms with van der Waals surface area (Å²) in [5.74, 6) is -1.02. The smallest absolute Gasteiger partial charge is 0.335 e. The van der Waals surface area contributed by atoms with E-state index in [1.54, 1.807) is 0 Å². The van der Waals surface area contributed by atoms with Gasteiger partial charge in [0.2, 0.25) is 0 Å². The van der Waals surface area contributed by atoms with Crippen LogP contribution in [0.2, 0.25) is 0 Å². The normalized spacial score (nSPS) is 21.6. The number of hydrogen-bond donors (Lipinski definition) is 3. The van der Waals surface area contributed by atoms with Gasteiger partial charge in [0, 0.05) is 12.8 Å². The van der Waals surface area contributed by atoms with E-state index in [2.05, 4.69) is 15.6 Å². The molecule has 1 fully saturated rings. The number of aromatic carboxylic acids is 1. The number of nitrogens with one attached hydrogen (secondary N) is 2. The van der Waals surface area contributed by atoms with Crippen LogP contribution in [0, 0.1) is 0 Å². The number of carbonyl (C=O) groups excluding carboxylic acids is 1. The summed E-state index contributed by atoms with van der Waals surface area (Å²) in [4.78, 5) is 26.8. The maximum atomic E-state index is 11.9. The molecular formula is C14H19N3O4. The summed E-state index contributed by atoms with van der Waals surface area (Å²) < 4.78 is 5.37. The minimum Gasteiger partial charge on any atom is -0.478 e. The molecule has 1 aliphatic heterocycles. The third-order valence-electron chi connectivity index (χ3n) is 3.35. The van der Waals surface area contributed by atoms with Gasteiger partial charge in [-0.3, -0.25) is 4.98 Å². The molecule has 1 unspecified atom stereocenters. The summed E-state index contributed by atoms with van der Waals surface area (Å²) in [7, 11) is 0. The Morgan fingerprint density at radius 1 is 1.52 bits per heavy atom. The minimum atomic E-state index is -1.02. The third-order valence-corrected chi connectivity index (χ3v) is 3.35. The lowest BCUT2D eigenvalue weighted by Gasteiger charge is -2.34. The molecular weight excluding hydrogens is 274 g/mol. The van der Waals surface area contributed by atoms with Gasteiger partial charge in [-0.25, -0.2) is 9.59 Å². The zero-order chi connectivity index (χ0) is 15.3. The number of nitrogens with zero attached hydrogens (tertiary/aromatic N) is 1. The molecule has 114 valence electrons. The van der Waals surface area contributed by atoms with Crippen LogP contribution in [-0.4, -0.2) is 40.8 Å². The van der Waals surface area contributed by atoms with E-state index in [-0.39, 0.29) is 23.7 Å². The van der Waals surface area contributed by atoms with E-state index in [4.69, 9.17) is 9.84 Å². The predicted octanol–water partition coefficient (Wildman–Crippen LogP) is 1.15. The molecule has 0 radical (unpaired) electrons. The van der Waals surface area contributed by atoms with Crippen LogP contribution in [-0.2, 0) is 11.3 Å². The molecule has 0 saturated carbocycles. The quantitative estimate of drug-likeness (QED) is 0.773. The number of rotatable bonds is 4. The van der Waals surface area contributed by atoms with Crippen LogP contribution in [0.3, 0.4) is 0 Å². The molecule has 2 rings (SSSR count). The third kappa shape index (κ3) is 4.42. The molecule has 3 N–H and O–H groups in total. The lowest BCUT2D eigenvalue weighted by molar-refractivity contribution is 0.0333. The Labute approximate surface area is 122 Å². The van der Waals surface area contributed by atoms with Crippen molar-refractivity contribution >= 4 is 12.0 Å². The number of amides is 2. The first-order chi connectivity index (χ1) is 9.98. The van der Waals surface area contributed by atoms with Crippen LogP contribution in [0.15, 0.2) is 18.3 Å². The molecule has 0 aromatic carbocycles. The van der Waals surface area contributed by atoms with Crippen molar-refractivity contribution in [3.05, 3.63) is 29.6 Å². The van der Waals surface area contributed by atoms with Crippen molar-refractivity contribution in [2.75, 3.05) is 13.2 Å². The van der Waals surface area contributed by atoms with Gasteiger partial charge >= 0.3 is 12.0 Å². The topological polar surface area (TPSA) is 101 Å². The maximum Gasteiger partial charge on any atom is 0.335 e. The highest BCUT2D eigenvalue weighted by Gasteiger charge is 2.29. The standard InChI is InChI=1S/C14H19N3O4/c1-14(4-2-6-21-9-14)17-13(20)16-8-11-7-10(12(18)19)3-5-15-11/h3,5,7H,2,4,6,8-9H2,1H3,(H,18,19)(H2,16,17,20). The van der Waals surface area contributed by atoms with E-state index in [1.165, 1.54) is 18.3 Å². The van der Waals surface area contributed by atoms with Crippen molar-refractivity contribution in [3.8, 4) is 0 Å². The van der Waals surface area contributed by atoms with E-state index >= 15 is 0 Å². The second-order valence-electron chi connectivity index (χ2n) is 5.37. The van der Waals surface area contributed by atoms with Crippen LogP contribution in [0.5, 0.6) is 0 Å². The molecule has 1 aromatic heterocycles. The highest BCUT2D eigenvalue weighted by molar-refractivity contribution is 5.87. The van der Waals surface area contributed by atoms with Gasteiger partial charge in [0.1, 0.15) is 0 Å². The Morgan fingerprint density at radius 3 is 3.00 bits per heavy atom. The van der Waals surface area contributed by atoms with Gasteiger partial charge in [-0.1, -0.05) is 0 Å². The van der Waals surface area contributed by atoms with Crippen molar-refractivity contribution in [3.63, 3.8) is 0 Å². The Kier molecular flexibility index (Phi) is 4.74. The molecule has 0 aliphatic carbocycles. The highest BCUT2D eigenvalue weighted by atomic mass is 16.5. The Balaban J connectivity index is 1.86. The number of aromatic nitrogens is 1. The van der Waals surface area contributed by atoms with Gasteiger partial charge in [0.25, 0.3) is 0 Å². The molecule has 1 aromatic rings. The molecule has 0 spiro atoms. The summed E-state index contributed by atoms with van der Waals surface area (Å²) >= 11 is 0. The van der Waals surface area contributed by atoms with Crippen molar-refractivity contribution in [1.29, 1.82) is 0 Å². The van der Waals surface area contributed by atoms with Crippen LogP contribution in [0.4, 0.5) is 4.79 Å². The fourth-order valence-electron chi connectivity index (χ4n) is 2.23. The van der Waals surface area contributed by atoms with Crippen LogP contribution < -0.4 is 10.6 Å². The largest absolute Gasteiger partial charge is 0.478 e. The second kappa shape index (κ2) is 6.53. The summed E-state index contributed by atoms with van der Waals surface area (Å²) in [6.07, 6.45) is 3.20. The van der Waals surface area contributed by atoms with Gasteiger partial charge in [-0.05, 0) is 31.9 Å². The van der Waals surface area contributed by atoms with Crippen molar-refractivity contribution in [2.24, 2.45) is 0 Å². The molecule has 1 atom stereocenters. The van der Waals surface area contributed by atoms with Crippen molar-refractivity contribution in [2.45, 2.75) is 31.8 Å². The van der Waals surface area contributed by atoms with E-state index in [1.807, 2.05) is 6.92 Å². The number of carboxylic acids is 1. The molecule has 21 heavy (non-hydrogen) atoms. The monoisotopic (exact) mass is 293 g/mol. The Bertz CT molecular complexity index is 527. The number of carbonyl (C=O) groups is 2. The van der Waals surface area contributed by atoms with Crippen molar-refractivity contribution < 1.29 is 19.4 Å². The lowest BCUT2D eigenvalue weighted by atomic mass is 9.95.